The van der Waals surface area contributed by atoms with Gasteiger partial charge >= 0.3 is 0 Å². The molecule has 2 aromatic carbocycles. The highest BCUT2D eigenvalue weighted by Crippen LogP contribution is 2.23. The summed E-state index contributed by atoms with van der Waals surface area (Å²) in [7, 11) is -2.27. The number of hydrogen-bond acceptors (Lipinski definition) is 4. The lowest BCUT2D eigenvalue weighted by atomic mass is 10.0. The number of carbonyl (C=O) groups excluding carboxylic acids is 2. The molecule has 0 radical (unpaired) electrons. The van der Waals surface area contributed by atoms with Crippen LogP contribution in [0.2, 0.25) is 0 Å². The number of amides is 2. The Labute approximate surface area is 164 Å². The van der Waals surface area contributed by atoms with Crippen molar-refractivity contribution in [3.63, 3.8) is 0 Å². The number of primary amides is 1. The van der Waals surface area contributed by atoms with Crippen LogP contribution in [0.15, 0.2) is 59.5 Å². The van der Waals surface area contributed by atoms with E-state index in [0.29, 0.717) is 24.2 Å². The summed E-state index contributed by atoms with van der Waals surface area (Å²) >= 11 is 0. The van der Waals surface area contributed by atoms with Crippen LogP contribution in [0.3, 0.4) is 0 Å². The molecule has 8 heteroatoms. The van der Waals surface area contributed by atoms with Gasteiger partial charge in [-0.2, -0.15) is 0 Å². The molecule has 1 fully saturated rings. The zero-order chi connectivity index (χ0) is 20.3. The van der Waals surface area contributed by atoms with Crippen LogP contribution < -0.4 is 10.0 Å². The van der Waals surface area contributed by atoms with Crippen molar-refractivity contribution in [2.45, 2.75) is 30.2 Å². The highest BCUT2D eigenvalue weighted by Gasteiger charge is 2.31. The molecule has 2 aromatic rings. The van der Waals surface area contributed by atoms with Gasteiger partial charge in [0.25, 0.3) is 15.9 Å². The fourth-order valence-corrected chi connectivity index (χ4v) is 4.54. The van der Waals surface area contributed by atoms with Crippen molar-refractivity contribution in [2.75, 3.05) is 17.9 Å². The van der Waals surface area contributed by atoms with E-state index < -0.39 is 22.0 Å². The molecule has 1 atom stereocenters. The Bertz CT molecular complexity index is 959. The van der Waals surface area contributed by atoms with Crippen LogP contribution in [0.1, 0.15) is 29.6 Å². The van der Waals surface area contributed by atoms with Crippen LogP contribution in [0.4, 0.5) is 5.69 Å². The Hall–Kier alpha value is -2.87. The Morgan fingerprint density at radius 1 is 1.04 bits per heavy atom. The second kappa shape index (κ2) is 8.02. The van der Waals surface area contributed by atoms with E-state index in [2.05, 4.69) is 0 Å². The summed E-state index contributed by atoms with van der Waals surface area (Å²) in [5, 5.41) is 0. The molecular formula is C20H23N3O4S. The second-order valence-corrected chi connectivity index (χ2v) is 8.71. The predicted octanol–water partition coefficient (Wildman–Crippen LogP) is 1.99. The van der Waals surface area contributed by atoms with Crippen LogP contribution >= 0.6 is 0 Å². The van der Waals surface area contributed by atoms with Crippen molar-refractivity contribution < 1.29 is 18.0 Å². The molecule has 1 aliphatic rings. The summed E-state index contributed by atoms with van der Waals surface area (Å²) in [6.45, 7) is 0.462. The fraction of sp³-hybridized carbons (Fsp3) is 0.300. The molecule has 0 aromatic heterocycles. The van der Waals surface area contributed by atoms with E-state index in [9.17, 15) is 18.0 Å². The van der Waals surface area contributed by atoms with Crippen molar-refractivity contribution in [1.82, 2.24) is 4.90 Å². The fourth-order valence-electron chi connectivity index (χ4n) is 3.34. The molecule has 0 unspecified atom stereocenters. The Morgan fingerprint density at radius 3 is 2.29 bits per heavy atom. The van der Waals surface area contributed by atoms with Crippen molar-refractivity contribution in [3.05, 3.63) is 60.2 Å². The molecule has 1 saturated heterocycles. The van der Waals surface area contributed by atoms with E-state index in [1.165, 1.54) is 40.5 Å². The molecule has 2 amide bonds. The van der Waals surface area contributed by atoms with Crippen LogP contribution in [0, 0.1) is 0 Å². The molecule has 0 bridgehead atoms. The predicted molar refractivity (Wildman–Crippen MR) is 106 cm³/mol. The van der Waals surface area contributed by atoms with E-state index >= 15 is 0 Å². The molecule has 0 saturated carbocycles. The number of rotatable bonds is 5. The molecule has 0 aliphatic carbocycles. The summed E-state index contributed by atoms with van der Waals surface area (Å²) in [5.41, 5.74) is 6.30. The number of nitrogens with zero attached hydrogens (tertiary/aromatic N) is 2. The van der Waals surface area contributed by atoms with Crippen LogP contribution in [0.5, 0.6) is 0 Å². The number of anilines is 1. The molecule has 28 heavy (non-hydrogen) atoms. The Balaban J connectivity index is 1.83. The maximum atomic E-state index is 12.8. The van der Waals surface area contributed by atoms with E-state index in [4.69, 9.17) is 5.73 Å². The molecule has 3 rings (SSSR count). The first kappa shape index (κ1) is 19.9. The number of carbonyl (C=O) groups is 2. The van der Waals surface area contributed by atoms with E-state index in [1.54, 1.807) is 24.3 Å². The lowest BCUT2D eigenvalue weighted by Gasteiger charge is -2.33. The normalized spacial score (nSPS) is 17.2. The number of benzene rings is 2. The second-order valence-electron chi connectivity index (χ2n) is 6.74. The van der Waals surface area contributed by atoms with Gasteiger partial charge in [0, 0.05) is 19.2 Å². The van der Waals surface area contributed by atoms with Gasteiger partial charge in [0.15, 0.2) is 0 Å². The summed E-state index contributed by atoms with van der Waals surface area (Å²) in [6, 6.07) is 13.9. The summed E-state index contributed by atoms with van der Waals surface area (Å²) < 4.78 is 26.8. The van der Waals surface area contributed by atoms with Crippen LogP contribution in [-0.4, -0.2) is 44.8 Å². The van der Waals surface area contributed by atoms with Gasteiger partial charge in [-0.15, -0.1) is 0 Å². The van der Waals surface area contributed by atoms with E-state index in [-0.39, 0.29) is 10.8 Å². The molecule has 7 nitrogen and oxygen atoms in total. The SMILES string of the molecule is CN(c1ccccc1)S(=O)(=O)c1ccc(C(=O)N2CCCC[C@@H]2C(N)=O)cc1. The number of sulfonamides is 1. The Kier molecular flexibility index (Phi) is 5.69. The monoisotopic (exact) mass is 401 g/mol. The molecule has 2 N–H and O–H groups in total. The quantitative estimate of drug-likeness (QED) is 0.828. The van der Waals surface area contributed by atoms with Crippen molar-refractivity contribution in [1.29, 1.82) is 0 Å². The van der Waals surface area contributed by atoms with Gasteiger partial charge in [-0.1, -0.05) is 18.2 Å². The van der Waals surface area contributed by atoms with Gasteiger partial charge in [0.2, 0.25) is 5.91 Å². The zero-order valence-electron chi connectivity index (χ0n) is 15.6. The third kappa shape index (κ3) is 3.87. The molecule has 1 aliphatic heterocycles. The van der Waals surface area contributed by atoms with Crippen molar-refractivity contribution in [3.8, 4) is 0 Å². The molecule has 1 heterocycles. The van der Waals surface area contributed by atoms with Gasteiger partial charge in [-0.25, -0.2) is 8.42 Å². The number of piperidine rings is 1. The lowest BCUT2D eigenvalue weighted by molar-refractivity contribution is -0.123. The van der Waals surface area contributed by atoms with Crippen molar-refractivity contribution >= 4 is 27.5 Å². The largest absolute Gasteiger partial charge is 0.368 e. The van der Waals surface area contributed by atoms with Crippen LogP contribution in [-0.2, 0) is 14.8 Å². The average Bonchev–Trinajstić information content (AvgIpc) is 2.73. The minimum atomic E-state index is -3.75. The molecular weight excluding hydrogens is 378 g/mol. The Morgan fingerprint density at radius 2 is 1.68 bits per heavy atom. The highest BCUT2D eigenvalue weighted by atomic mass is 32.2. The van der Waals surface area contributed by atoms with Gasteiger partial charge < -0.3 is 10.6 Å². The maximum Gasteiger partial charge on any atom is 0.264 e. The van der Waals surface area contributed by atoms with E-state index in [0.717, 1.165) is 12.8 Å². The molecule has 148 valence electrons. The topological polar surface area (TPSA) is 101 Å². The van der Waals surface area contributed by atoms with Crippen LogP contribution in [0.25, 0.3) is 0 Å². The van der Waals surface area contributed by atoms with Gasteiger partial charge in [0.1, 0.15) is 6.04 Å². The average molecular weight is 401 g/mol. The van der Waals surface area contributed by atoms with Gasteiger partial charge in [-0.05, 0) is 55.7 Å². The third-order valence-corrected chi connectivity index (χ3v) is 6.77. The minimum Gasteiger partial charge on any atom is -0.368 e. The number of hydrogen-bond donors (Lipinski definition) is 1. The number of para-hydroxylation sites is 1. The first-order chi connectivity index (χ1) is 13.3. The number of nitrogens with two attached hydrogens (primary N) is 1. The highest BCUT2D eigenvalue weighted by molar-refractivity contribution is 7.92. The van der Waals surface area contributed by atoms with Gasteiger partial charge in [0.05, 0.1) is 10.6 Å². The summed E-state index contributed by atoms with van der Waals surface area (Å²) in [6.07, 6.45) is 2.21. The first-order valence-electron chi connectivity index (χ1n) is 9.06. The summed E-state index contributed by atoms with van der Waals surface area (Å²) in [4.78, 5) is 26.0. The number of likely N-dealkylation sites (tertiary alicyclic amines) is 1. The van der Waals surface area contributed by atoms with Gasteiger partial charge in [-0.3, -0.25) is 13.9 Å². The standard InChI is InChI=1S/C20H23N3O4S/c1-22(16-7-3-2-4-8-16)28(26,27)17-12-10-15(11-13-17)20(25)23-14-6-5-9-18(23)19(21)24/h2-4,7-8,10-13,18H,5-6,9,14H2,1H3,(H2,21,24)/t18-/m1/s1. The minimum absolute atomic E-state index is 0.0838. The first-order valence-corrected chi connectivity index (χ1v) is 10.5. The van der Waals surface area contributed by atoms with E-state index in [1.807, 2.05) is 6.07 Å². The zero-order valence-corrected chi connectivity index (χ0v) is 16.4. The third-order valence-electron chi connectivity index (χ3n) is 4.97. The smallest absolute Gasteiger partial charge is 0.264 e. The lowest BCUT2D eigenvalue weighted by Crippen LogP contribution is -2.50. The summed E-state index contributed by atoms with van der Waals surface area (Å²) in [5.74, 6) is -0.833. The maximum absolute atomic E-state index is 12.8. The van der Waals surface area contributed by atoms with Crippen molar-refractivity contribution in [2.24, 2.45) is 5.73 Å². The molecule has 0 spiro atoms.